The first-order valence-corrected chi connectivity index (χ1v) is 12.4. The zero-order chi connectivity index (χ0) is 26.6. The summed E-state index contributed by atoms with van der Waals surface area (Å²) >= 11 is 0. The first-order chi connectivity index (χ1) is 17.9. The minimum absolute atomic E-state index is 0.00442. The van der Waals surface area contributed by atoms with Gasteiger partial charge in [-0.3, -0.25) is 4.79 Å². The number of carbonyl (C=O) groups is 2. The number of esters is 2. The van der Waals surface area contributed by atoms with Gasteiger partial charge in [-0.2, -0.15) is 5.11 Å². The molecule has 0 aliphatic rings. The standard InChI is InChI=1S/C29H32FN3O4/c1-4-5-6-7-8-9-28(34)36-24-15-17-25(18-16-24)37-29(35)21-10-19-27(26(30)20-21)32-31-22-11-13-23(14-12-22)33(2)3/h10-20H,4-9H2,1-3H3. The number of hydrogen-bond donors (Lipinski definition) is 0. The van der Waals surface area contributed by atoms with Crippen LogP contribution in [0.2, 0.25) is 0 Å². The third-order valence-corrected chi connectivity index (χ3v) is 5.57. The van der Waals surface area contributed by atoms with Crippen LogP contribution in [0.4, 0.5) is 21.5 Å². The van der Waals surface area contributed by atoms with Crippen LogP contribution in [0, 0.1) is 5.82 Å². The minimum atomic E-state index is -0.724. The molecule has 0 aromatic heterocycles. The molecule has 3 aromatic carbocycles. The van der Waals surface area contributed by atoms with Crippen molar-refractivity contribution in [1.82, 2.24) is 0 Å². The van der Waals surface area contributed by atoms with Gasteiger partial charge in [0.05, 0.1) is 11.3 Å². The van der Waals surface area contributed by atoms with Gasteiger partial charge in [-0.05, 0) is 73.2 Å². The molecule has 3 aromatic rings. The third kappa shape index (κ3) is 8.83. The molecule has 37 heavy (non-hydrogen) atoms. The molecular weight excluding hydrogens is 473 g/mol. The minimum Gasteiger partial charge on any atom is -0.427 e. The number of rotatable bonds is 12. The van der Waals surface area contributed by atoms with E-state index in [4.69, 9.17) is 9.47 Å². The highest BCUT2D eigenvalue weighted by atomic mass is 19.1. The molecule has 0 radical (unpaired) electrons. The molecule has 3 rings (SSSR count). The van der Waals surface area contributed by atoms with Crippen LogP contribution in [0.1, 0.15) is 55.8 Å². The van der Waals surface area contributed by atoms with Crippen LogP contribution in [0.25, 0.3) is 0 Å². The fourth-order valence-corrected chi connectivity index (χ4v) is 3.44. The SMILES string of the molecule is CCCCCCCC(=O)Oc1ccc(OC(=O)c2ccc(N=Nc3ccc(N(C)C)cc3)c(F)c2)cc1. The van der Waals surface area contributed by atoms with Crippen LogP contribution in [-0.2, 0) is 4.79 Å². The van der Waals surface area contributed by atoms with E-state index < -0.39 is 11.8 Å². The molecule has 0 fully saturated rings. The summed E-state index contributed by atoms with van der Waals surface area (Å²) in [5, 5.41) is 7.99. The van der Waals surface area contributed by atoms with Gasteiger partial charge in [0.2, 0.25) is 0 Å². The molecule has 0 saturated carbocycles. The molecule has 7 nitrogen and oxygen atoms in total. The topological polar surface area (TPSA) is 80.6 Å². The van der Waals surface area contributed by atoms with Crippen molar-refractivity contribution in [3.63, 3.8) is 0 Å². The van der Waals surface area contributed by atoms with Crippen molar-refractivity contribution in [3.8, 4) is 11.5 Å². The third-order valence-electron chi connectivity index (χ3n) is 5.57. The number of anilines is 1. The predicted molar refractivity (Wildman–Crippen MR) is 142 cm³/mol. The molecule has 0 N–H and O–H groups in total. The van der Waals surface area contributed by atoms with Crippen LogP contribution in [0.15, 0.2) is 77.0 Å². The van der Waals surface area contributed by atoms with Gasteiger partial charge in [-0.1, -0.05) is 32.6 Å². The maximum atomic E-state index is 14.5. The van der Waals surface area contributed by atoms with Crippen molar-refractivity contribution in [2.45, 2.75) is 45.4 Å². The van der Waals surface area contributed by atoms with Crippen molar-refractivity contribution in [1.29, 1.82) is 0 Å². The number of benzene rings is 3. The van der Waals surface area contributed by atoms with Gasteiger partial charge in [-0.15, -0.1) is 5.11 Å². The second-order valence-electron chi connectivity index (χ2n) is 8.78. The largest absolute Gasteiger partial charge is 0.427 e. The Balaban J connectivity index is 1.52. The molecular formula is C29H32FN3O4. The molecule has 0 aliphatic carbocycles. The van der Waals surface area contributed by atoms with Crippen LogP contribution in [-0.4, -0.2) is 26.0 Å². The average Bonchev–Trinajstić information content (AvgIpc) is 2.89. The fourth-order valence-electron chi connectivity index (χ4n) is 3.44. The Hall–Kier alpha value is -4.07. The van der Waals surface area contributed by atoms with Gasteiger partial charge in [0.25, 0.3) is 0 Å². The van der Waals surface area contributed by atoms with Crippen molar-refractivity contribution < 1.29 is 23.5 Å². The zero-order valence-corrected chi connectivity index (χ0v) is 21.4. The number of ether oxygens (including phenoxy) is 2. The summed E-state index contributed by atoms with van der Waals surface area (Å²) in [5.41, 5.74) is 1.63. The Labute approximate surface area is 216 Å². The van der Waals surface area contributed by atoms with E-state index in [1.165, 1.54) is 30.7 Å². The Kier molecular flexibility index (Phi) is 10.3. The molecule has 0 atom stereocenters. The van der Waals surface area contributed by atoms with E-state index in [-0.39, 0.29) is 23.0 Å². The highest BCUT2D eigenvalue weighted by Crippen LogP contribution is 2.25. The molecule has 0 heterocycles. The molecule has 0 amide bonds. The van der Waals surface area contributed by atoms with Crippen molar-refractivity contribution >= 4 is 29.0 Å². The quantitative estimate of drug-likeness (QED) is 0.109. The van der Waals surface area contributed by atoms with Gasteiger partial charge in [0.15, 0.2) is 5.82 Å². The number of halogens is 1. The first kappa shape index (κ1) is 27.5. The van der Waals surface area contributed by atoms with Gasteiger partial charge >= 0.3 is 11.9 Å². The summed E-state index contributed by atoms with van der Waals surface area (Å²) in [7, 11) is 3.87. The van der Waals surface area contributed by atoms with Crippen molar-refractivity contribution in [3.05, 3.63) is 78.1 Å². The summed E-state index contributed by atoms with van der Waals surface area (Å²) in [5.74, 6) is -1.09. The smallest absolute Gasteiger partial charge is 0.343 e. The Bertz CT molecular complexity index is 1210. The van der Waals surface area contributed by atoms with E-state index in [0.29, 0.717) is 17.9 Å². The number of azo groups is 1. The maximum Gasteiger partial charge on any atom is 0.343 e. The Morgan fingerprint density at radius 3 is 2.08 bits per heavy atom. The summed E-state index contributed by atoms with van der Waals surface area (Å²) < 4.78 is 25.2. The molecule has 0 unspecified atom stereocenters. The van der Waals surface area contributed by atoms with E-state index in [1.807, 2.05) is 31.1 Å². The van der Waals surface area contributed by atoms with E-state index >= 15 is 0 Å². The Morgan fingerprint density at radius 2 is 1.46 bits per heavy atom. The van der Waals surface area contributed by atoms with Crippen LogP contribution < -0.4 is 14.4 Å². The van der Waals surface area contributed by atoms with E-state index in [9.17, 15) is 14.0 Å². The fraction of sp³-hybridized carbons (Fsp3) is 0.310. The number of unbranched alkanes of at least 4 members (excludes halogenated alkanes) is 4. The summed E-state index contributed by atoms with van der Waals surface area (Å²) in [6, 6.07) is 17.3. The number of hydrogen-bond acceptors (Lipinski definition) is 7. The van der Waals surface area contributed by atoms with Crippen molar-refractivity contribution in [2.75, 3.05) is 19.0 Å². The van der Waals surface area contributed by atoms with Crippen LogP contribution >= 0.6 is 0 Å². The molecule has 0 aliphatic heterocycles. The van der Waals surface area contributed by atoms with Crippen molar-refractivity contribution in [2.24, 2.45) is 10.2 Å². The van der Waals surface area contributed by atoms with Gasteiger partial charge in [0.1, 0.15) is 17.2 Å². The molecule has 194 valence electrons. The molecule has 0 saturated heterocycles. The van der Waals surface area contributed by atoms with Crippen LogP contribution in [0.5, 0.6) is 11.5 Å². The van der Waals surface area contributed by atoms with Crippen LogP contribution in [0.3, 0.4) is 0 Å². The van der Waals surface area contributed by atoms with E-state index in [1.54, 1.807) is 24.3 Å². The lowest BCUT2D eigenvalue weighted by atomic mass is 10.1. The number of nitrogens with zero attached hydrogens (tertiary/aromatic N) is 3. The first-order valence-electron chi connectivity index (χ1n) is 12.4. The zero-order valence-electron chi connectivity index (χ0n) is 21.4. The molecule has 8 heteroatoms. The summed E-state index contributed by atoms with van der Waals surface area (Å²) in [6.45, 7) is 2.14. The lowest BCUT2D eigenvalue weighted by molar-refractivity contribution is -0.134. The van der Waals surface area contributed by atoms with Gasteiger partial charge < -0.3 is 14.4 Å². The summed E-state index contributed by atoms with van der Waals surface area (Å²) in [6.07, 6.45) is 5.61. The lowest BCUT2D eigenvalue weighted by Crippen LogP contribution is -2.09. The van der Waals surface area contributed by atoms with E-state index in [2.05, 4.69) is 17.2 Å². The summed E-state index contributed by atoms with van der Waals surface area (Å²) in [4.78, 5) is 26.4. The monoisotopic (exact) mass is 505 g/mol. The normalized spacial score (nSPS) is 10.9. The maximum absolute atomic E-state index is 14.5. The van der Waals surface area contributed by atoms with Gasteiger partial charge in [0, 0.05) is 26.2 Å². The highest BCUT2D eigenvalue weighted by Gasteiger charge is 2.13. The van der Waals surface area contributed by atoms with Gasteiger partial charge in [-0.25, -0.2) is 9.18 Å². The lowest BCUT2D eigenvalue weighted by Gasteiger charge is -2.11. The highest BCUT2D eigenvalue weighted by molar-refractivity contribution is 5.91. The number of carbonyl (C=O) groups excluding carboxylic acids is 2. The second kappa shape index (κ2) is 13.9. The van der Waals surface area contributed by atoms with E-state index in [0.717, 1.165) is 37.4 Å². The second-order valence-corrected chi connectivity index (χ2v) is 8.78. The predicted octanol–water partition coefficient (Wildman–Crippen LogP) is 7.79. The molecule has 0 spiro atoms. The average molecular weight is 506 g/mol. The Morgan fingerprint density at radius 1 is 0.811 bits per heavy atom. The molecule has 0 bridgehead atoms.